The zero-order chi connectivity index (χ0) is 8.27. The zero-order valence-corrected chi connectivity index (χ0v) is 6.50. The molecule has 62 valence electrons. The van der Waals surface area contributed by atoms with E-state index in [1.54, 1.807) is 6.07 Å². The lowest BCUT2D eigenvalue weighted by Gasteiger charge is -1.95. The van der Waals surface area contributed by atoms with E-state index < -0.39 is 0 Å². The molecule has 0 spiro atoms. The summed E-state index contributed by atoms with van der Waals surface area (Å²) in [5.74, 6) is 0. The van der Waals surface area contributed by atoms with Crippen molar-refractivity contribution >= 4 is 0 Å². The highest BCUT2D eigenvalue weighted by atomic mass is 16.3. The van der Waals surface area contributed by atoms with Gasteiger partial charge in [-0.25, -0.2) is 0 Å². The number of hydrogen-bond acceptors (Lipinski definition) is 2. The summed E-state index contributed by atoms with van der Waals surface area (Å²) in [6.07, 6.45) is 0.813. The topological polar surface area (TPSA) is 58.0 Å². The molecule has 0 radical (unpaired) electrons. The number of aromatic amines is 1. The normalized spacial score (nSPS) is 10.4. The van der Waals surface area contributed by atoms with E-state index in [2.05, 4.69) is 5.10 Å². The first-order valence-corrected chi connectivity index (χ1v) is 3.67. The number of aliphatic hydroxyl groups is 1. The second-order valence-corrected chi connectivity index (χ2v) is 2.35. The highest BCUT2D eigenvalue weighted by Crippen LogP contribution is 1.89. The SMILES string of the molecule is CCc1cc(=O)n(CCO)[nH]1. The van der Waals surface area contributed by atoms with Gasteiger partial charge in [0.05, 0.1) is 13.2 Å². The maximum atomic E-state index is 11.0. The van der Waals surface area contributed by atoms with Crippen molar-refractivity contribution < 1.29 is 5.11 Å². The number of nitrogens with one attached hydrogen (secondary N) is 1. The molecule has 1 aromatic heterocycles. The van der Waals surface area contributed by atoms with Crippen LogP contribution in [0.4, 0.5) is 0 Å². The largest absolute Gasteiger partial charge is 0.394 e. The lowest BCUT2D eigenvalue weighted by Crippen LogP contribution is -2.17. The van der Waals surface area contributed by atoms with E-state index in [-0.39, 0.29) is 12.2 Å². The Morgan fingerprint density at radius 2 is 2.45 bits per heavy atom. The van der Waals surface area contributed by atoms with Gasteiger partial charge >= 0.3 is 0 Å². The lowest BCUT2D eigenvalue weighted by molar-refractivity contribution is 0.267. The van der Waals surface area contributed by atoms with Crippen molar-refractivity contribution in [2.45, 2.75) is 19.9 Å². The van der Waals surface area contributed by atoms with Crippen molar-refractivity contribution in [2.24, 2.45) is 0 Å². The average molecular weight is 156 g/mol. The predicted molar refractivity (Wildman–Crippen MR) is 41.5 cm³/mol. The van der Waals surface area contributed by atoms with Crippen LogP contribution in [0.2, 0.25) is 0 Å². The quantitative estimate of drug-likeness (QED) is 0.633. The molecule has 11 heavy (non-hydrogen) atoms. The number of aryl methyl sites for hydroxylation is 1. The van der Waals surface area contributed by atoms with Gasteiger partial charge in [0.1, 0.15) is 0 Å². The van der Waals surface area contributed by atoms with Crippen LogP contribution >= 0.6 is 0 Å². The van der Waals surface area contributed by atoms with Crippen molar-refractivity contribution in [2.75, 3.05) is 6.61 Å². The molecule has 0 atom stereocenters. The molecule has 2 N–H and O–H groups in total. The number of H-pyrrole nitrogens is 1. The Bertz CT molecular complexity index is 274. The lowest BCUT2D eigenvalue weighted by atomic mass is 10.3. The van der Waals surface area contributed by atoms with Crippen molar-refractivity contribution in [3.63, 3.8) is 0 Å². The van der Waals surface area contributed by atoms with Gasteiger partial charge in [-0.05, 0) is 6.42 Å². The standard InChI is InChI=1S/C7H12N2O2/c1-2-6-5-7(11)9(8-6)3-4-10/h5,8,10H,2-4H2,1H3. The molecular formula is C7H12N2O2. The van der Waals surface area contributed by atoms with Crippen molar-refractivity contribution in [3.05, 3.63) is 22.1 Å². The number of aliphatic hydroxyl groups excluding tert-OH is 1. The fourth-order valence-electron chi connectivity index (χ4n) is 0.935. The molecule has 0 saturated heterocycles. The predicted octanol–water partition coefficient (Wildman–Crippen LogP) is -0.269. The molecule has 0 aliphatic heterocycles. The highest BCUT2D eigenvalue weighted by molar-refractivity contribution is 4.98. The Hall–Kier alpha value is -1.03. The molecule has 0 amide bonds. The maximum absolute atomic E-state index is 11.0. The third kappa shape index (κ3) is 1.71. The number of nitrogens with zero attached hydrogens (tertiary/aromatic N) is 1. The van der Waals surface area contributed by atoms with Gasteiger partial charge in [-0.2, -0.15) is 0 Å². The Morgan fingerprint density at radius 3 is 2.91 bits per heavy atom. The molecule has 0 fully saturated rings. The molecule has 1 aromatic rings. The van der Waals surface area contributed by atoms with E-state index in [1.807, 2.05) is 6.92 Å². The van der Waals surface area contributed by atoms with Crippen LogP contribution in [0.15, 0.2) is 10.9 Å². The molecule has 4 heteroatoms. The van der Waals surface area contributed by atoms with Crippen molar-refractivity contribution in [1.29, 1.82) is 0 Å². The first-order chi connectivity index (χ1) is 5.27. The fourth-order valence-corrected chi connectivity index (χ4v) is 0.935. The van der Waals surface area contributed by atoms with Crippen LogP contribution < -0.4 is 5.56 Å². The number of hydrogen-bond donors (Lipinski definition) is 2. The Labute approximate surface area is 64.5 Å². The van der Waals surface area contributed by atoms with Gasteiger partial charge < -0.3 is 5.11 Å². The molecule has 0 saturated carbocycles. The highest BCUT2D eigenvalue weighted by Gasteiger charge is 1.98. The molecule has 1 rings (SSSR count). The third-order valence-electron chi connectivity index (χ3n) is 1.55. The molecule has 1 heterocycles. The maximum Gasteiger partial charge on any atom is 0.266 e. The van der Waals surface area contributed by atoms with Crippen molar-refractivity contribution in [1.82, 2.24) is 9.78 Å². The summed E-state index contributed by atoms with van der Waals surface area (Å²) in [5.41, 5.74) is 0.833. The van der Waals surface area contributed by atoms with E-state index in [9.17, 15) is 4.79 Å². The summed E-state index contributed by atoms with van der Waals surface area (Å²) >= 11 is 0. The number of aromatic nitrogens is 2. The van der Waals surface area contributed by atoms with E-state index in [4.69, 9.17) is 5.11 Å². The minimum Gasteiger partial charge on any atom is -0.394 e. The molecule has 4 nitrogen and oxygen atoms in total. The number of rotatable bonds is 3. The summed E-state index contributed by atoms with van der Waals surface area (Å²) in [7, 11) is 0. The smallest absolute Gasteiger partial charge is 0.266 e. The van der Waals surface area contributed by atoms with Gasteiger partial charge in [0.15, 0.2) is 0 Å². The van der Waals surface area contributed by atoms with Gasteiger partial charge in [0.2, 0.25) is 0 Å². The Balaban J connectivity index is 2.88. The van der Waals surface area contributed by atoms with E-state index in [0.29, 0.717) is 6.54 Å². The van der Waals surface area contributed by atoms with Crippen LogP contribution in [0, 0.1) is 0 Å². The van der Waals surface area contributed by atoms with Gasteiger partial charge in [-0.3, -0.25) is 14.6 Å². The molecule has 0 aromatic carbocycles. The Kier molecular flexibility index (Phi) is 2.48. The minimum absolute atomic E-state index is 0.0103. The summed E-state index contributed by atoms with van der Waals surface area (Å²) in [6.45, 7) is 2.30. The minimum atomic E-state index is -0.0732. The van der Waals surface area contributed by atoms with Crippen LogP contribution in [0.1, 0.15) is 12.6 Å². The molecule has 0 aliphatic carbocycles. The first kappa shape index (κ1) is 8.07. The summed E-state index contributed by atoms with van der Waals surface area (Å²) in [5, 5.41) is 11.4. The zero-order valence-electron chi connectivity index (χ0n) is 6.50. The van der Waals surface area contributed by atoms with Gasteiger partial charge in [0.25, 0.3) is 5.56 Å². The van der Waals surface area contributed by atoms with Gasteiger partial charge in [-0.15, -0.1) is 0 Å². The second kappa shape index (κ2) is 3.39. The van der Waals surface area contributed by atoms with Crippen LogP contribution in [-0.4, -0.2) is 21.5 Å². The third-order valence-corrected chi connectivity index (χ3v) is 1.55. The summed E-state index contributed by atoms with van der Waals surface area (Å²) in [4.78, 5) is 11.0. The van der Waals surface area contributed by atoms with E-state index in [1.165, 1.54) is 4.68 Å². The van der Waals surface area contributed by atoms with Crippen LogP contribution in [-0.2, 0) is 13.0 Å². The monoisotopic (exact) mass is 156 g/mol. The molecule has 0 bridgehead atoms. The Morgan fingerprint density at radius 1 is 1.73 bits per heavy atom. The van der Waals surface area contributed by atoms with Crippen LogP contribution in [0.3, 0.4) is 0 Å². The van der Waals surface area contributed by atoms with E-state index >= 15 is 0 Å². The molecule has 0 unspecified atom stereocenters. The summed E-state index contributed by atoms with van der Waals surface area (Å²) < 4.78 is 1.40. The van der Waals surface area contributed by atoms with Crippen LogP contribution in [0.5, 0.6) is 0 Å². The van der Waals surface area contributed by atoms with Gasteiger partial charge in [0, 0.05) is 11.8 Å². The van der Waals surface area contributed by atoms with Crippen molar-refractivity contribution in [3.8, 4) is 0 Å². The molecular weight excluding hydrogens is 144 g/mol. The first-order valence-electron chi connectivity index (χ1n) is 3.67. The summed E-state index contributed by atoms with van der Waals surface area (Å²) in [6, 6.07) is 1.55. The fraction of sp³-hybridized carbons (Fsp3) is 0.571. The second-order valence-electron chi connectivity index (χ2n) is 2.35. The average Bonchev–Trinajstić information content (AvgIpc) is 2.33. The molecule has 0 aliphatic rings. The van der Waals surface area contributed by atoms with Crippen LogP contribution in [0.25, 0.3) is 0 Å². The van der Waals surface area contributed by atoms with Gasteiger partial charge in [-0.1, -0.05) is 6.92 Å². The van der Waals surface area contributed by atoms with E-state index in [0.717, 1.165) is 12.1 Å².